The summed E-state index contributed by atoms with van der Waals surface area (Å²) in [5.74, 6) is 1.65. The highest BCUT2D eigenvalue weighted by Crippen LogP contribution is 2.38. The number of nitrogens with two attached hydrogens (primary N) is 1. The molecule has 2 N–H and O–H groups in total. The maximum atomic E-state index is 5.85. The molecule has 4 nitrogen and oxygen atoms in total. The van der Waals surface area contributed by atoms with Crippen molar-refractivity contribution in [1.82, 2.24) is 4.98 Å². The number of nitrogens with zero attached hydrogens (tertiary/aromatic N) is 1. The predicted molar refractivity (Wildman–Crippen MR) is 93.3 cm³/mol. The average Bonchev–Trinajstić information content (AvgIpc) is 2.42. The fraction of sp³-hybridized carbons (Fsp3) is 0.143. The third-order valence-electron chi connectivity index (χ3n) is 2.68. The van der Waals surface area contributed by atoms with E-state index in [9.17, 15) is 0 Å². The van der Waals surface area contributed by atoms with Crippen LogP contribution in [0.4, 0.5) is 0 Å². The maximum Gasteiger partial charge on any atom is 0.229 e. The van der Waals surface area contributed by atoms with E-state index in [4.69, 9.17) is 27.4 Å². The highest BCUT2D eigenvalue weighted by molar-refractivity contribution is 9.11. The Morgan fingerprint density at radius 2 is 1.81 bits per heavy atom. The minimum Gasteiger partial charge on any atom is -0.496 e. The number of hydrogen-bond donors (Lipinski definition) is 1. The lowest BCUT2D eigenvalue weighted by molar-refractivity contribution is 0.408. The summed E-state index contributed by atoms with van der Waals surface area (Å²) in [5.41, 5.74) is 7.11. The highest BCUT2D eigenvalue weighted by Gasteiger charge is 2.14. The Labute approximate surface area is 144 Å². The van der Waals surface area contributed by atoms with Gasteiger partial charge >= 0.3 is 0 Å². The molecule has 0 unspecified atom stereocenters. The van der Waals surface area contributed by atoms with Crippen molar-refractivity contribution >= 4 is 49.1 Å². The number of halogens is 2. The van der Waals surface area contributed by atoms with Crippen molar-refractivity contribution < 1.29 is 9.47 Å². The highest BCUT2D eigenvalue weighted by atomic mass is 79.9. The number of aryl methyl sites for hydroxylation is 1. The van der Waals surface area contributed by atoms with Gasteiger partial charge in [-0.3, -0.25) is 0 Å². The van der Waals surface area contributed by atoms with Gasteiger partial charge in [0.1, 0.15) is 16.5 Å². The summed E-state index contributed by atoms with van der Waals surface area (Å²) in [6, 6.07) is 7.22. The van der Waals surface area contributed by atoms with Gasteiger partial charge in [0.15, 0.2) is 0 Å². The lowest BCUT2D eigenvalue weighted by Crippen LogP contribution is -2.12. The molecule has 0 aliphatic carbocycles. The molecule has 0 fully saturated rings. The third kappa shape index (κ3) is 3.72. The summed E-state index contributed by atoms with van der Waals surface area (Å²) < 4.78 is 12.6. The van der Waals surface area contributed by atoms with Gasteiger partial charge in [-0.15, -0.1) is 0 Å². The van der Waals surface area contributed by atoms with E-state index in [1.165, 1.54) is 0 Å². The normalized spacial score (nSPS) is 10.3. The van der Waals surface area contributed by atoms with Crippen LogP contribution < -0.4 is 15.2 Å². The quantitative estimate of drug-likeness (QED) is 0.729. The molecule has 1 aromatic carbocycles. The summed E-state index contributed by atoms with van der Waals surface area (Å²) in [4.78, 5) is 4.58. The molecule has 0 bridgehead atoms. The van der Waals surface area contributed by atoms with Crippen LogP contribution in [0.3, 0.4) is 0 Å². The number of benzene rings is 1. The van der Waals surface area contributed by atoms with Crippen molar-refractivity contribution in [2.24, 2.45) is 5.73 Å². The van der Waals surface area contributed by atoms with E-state index < -0.39 is 0 Å². The van der Waals surface area contributed by atoms with E-state index in [1.54, 1.807) is 25.3 Å². The molecule has 0 saturated carbocycles. The number of ether oxygens (including phenoxy) is 2. The van der Waals surface area contributed by atoms with E-state index in [0.29, 0.717) is 22.9 Å². The minimum absolute atomic E-state index is 0.237. The lowest BCUT2D eigenvalue weighted by atomic mass is 10.2. The minimum atomic E-state index is 0.237. The van der Waals surface area contributed by atoms with Crippen LogP contribution in [0, 0.1) is 6.92 Å². The molecule has 0 amide bonds. The van der Waals surface area contributed by atoms with E-state index in [1.807, 2.05) is 13.0 Å². The summed E-state index contributed by atoms with van der Waals surface area (Å²) in [7, 11) is 1.60. The van der Waals surface area contributed by atoms with E-state index >= 15 is 0 Å². The molecule has 0 saturated heterocycles. The van der Waals surface area contributed by atoms with Gasteiger partial charge in [0.05, 0.1) is 21.6 Å². The van der Waals surface area contributed by atoms with Crippen LogP contribution in [0.5, 0.6) is 17.4 Å². The molecule has 21 heavy (non-hydrogen) atoms. The number of pyridine rings is 1. The van der Waals surface area contributed by atoms with Crippen molar-refractivity contribution in [3.05, 3.63) is 44.5 Å². The largest absolute Gasteiger partial charge is 0.496 e. The number of thiocarbonyl (C=S) groups is 1. The second kappa shape index (κ2) is 6.72. The first-order valence-electron chi connectivity index (χ1n) is 5.90. The van der Waals surface area contributed by atoms with Gasteiger partial charge in [-0.05, 0) is 63.0 Å². The van der Waals surface area contributed by atoms with Crippen LogP contribution in [0.25, 0.3) is 0 Å². The van der Waals surface area contributed by atoms with Gasteiger partial charge in [0.25, 0.3) is 0 Å². The van der Waals surface area contributed by atoms with Crippen molar-refractivity contribution in [3.8, 4) is 17.4 Å². The first-order valence-corrected chi connectivity index (χ1v) is 7.90. The van der Waals surface area contributed by atoms with E-state index in [0.717, 1.165) is 14.6 Å². The molecule has 2 rings (SSSR count). The molecular formula is C14H12Br2N2O2S. The van der Waals surface area contributed by atoms with Gasteiger partial charge in [-0.25, -0.2) is 4.98 Å². The lowest BCUT2D eigenvalue weighted by Gasteiger charge is -2.13. The number of methoxy groups -OCH3 is 1. The van der Waals surface area contributed by atoms with Crippen LogP contribution in [0.2, 0.25) is 0 Å². The van der Waals surface area contributed by atoms with E-state index in [-0.39, 0.29) is 4.99 Å². The van der Waals surface area contributed by atoms with Crippen LogP contribution >= 0.6 is 44.1 Å². The molecule has 0 atom stereocenters. The fourth-order valence-electron chi connectivity index (χ4n) is 1.65. The van der Waals surface area contributed by atoms with Gasteiger partial charge < -0.3 is 15.2 Å². The monoisotopic (exact) mass is 430 g/mol. The molecular weight excluding hydrogens is 420 g/mol. The molecule has 7 heteroatoms. The molecule has 1 aromatic heterocycles. The molecule has 0 aliphatic heterocycles. The Balaban J connectivity index is 2.45. The summed E-state index contributed by atoms with van der Waals surface area (Å²) in [5, 5.41) is 0. The van der Waals surface area contributed by atoms with Gasteiger partial charge in [-0.2, -0.15) is 0 Å². The Morgan fingerprint density at radius 3 is 2.43 bits per heavy atom. The van der Waals surface area contributed by atoms with Gasteiger partial charge in [0.2, 0.25) is 5.88 Å². The average molecular weight is 432 g/mol. The van der Waals surface area contributed by atoms with Gasteiger partial charge in [-0.1, -0.05) is 12.2 Å². The zero-order chi connectivity index (χ0) is 15.6. The Kier molecular flexibility index (Phi) is 5.18. The molecule has 110 valence electrons. The Morgan fingerprint density at radius 1 is 1.19 bits per heavy atom. The second-order valence-corrected chi connectivity index (χ2v) is 6.34. The Bertz CT molecular complexity index is 708. The fourth-order valence-corrected chi connectivity index (χ4v) is 2.69. The molecule has 2 aromatic rings. The van der Waals surface area contributed by atoms with Crippen molar-refractivity contribution in [2.75, 3.05) is 7.11 Å². The van der Waals surface area contributed by atoms with Crippen LogP contribution in [-0.4, -0.2) is 17.1 Å². The standard InChI is InChI=1S/C14H12Br2N2O2S/c1-7-3-4-8(13(17)21)14(18-7)20-12-6-9(15)11(19-2)5-10(12)16/h3-6H,1-2H3,(H2,17,21). The summed E-state index contributed by atoms with van der Waals surface area (Å²) in [6.45, 7) is 1.87. The van der Waals surface area contributed by atoms with E-state index in [2.05, 4.69) is 36.8 Å². The predicted octanol–water partition coefficient (Wildman–Crippen LogP) is 4.35. The van der Waals surface area contributed by atoms with Crippen LogP contribution in [-0.2, 0) is 0 Å². The smallest absolute Gasteiger partial charge is 0.229 e. The van der Waals surface area contributed by atoms with Crippen molar-refractivity contribution in [1.29, 1.82) is 0 Å². The zero-order valence-corrected chi connectivity index (χ0v) is 15.3. The zero-order valence-electron chi connectivity index (χ0n) is 11.3. The molecule has 1 heterocycles. The summed E-state index contributed by atoms with van der Waals surface area (Å²) in [6.07, 6.45) is 0. The van der Waals surface area contributed by atoms with Crippen LogP contribution in [0.1, 0.15) is 11.3 Å². The van der Waals surface area contributed by atoms with Crippen molar-refractivity contribution in [3.63, 3.8) is 0 Å². The SMILES string of the molecule is COc1cc(Br)c(Oc2nc(C)ccc2C(N)=S)cc1Br. The van der Waals surface area contributed by atoms with Crippen molar-refractivity contribution in [2.45, 2.75) is 6.92 Å². The molecule has 0 spiro atoms. The number of hydrogen-bond acceptors (Lipinski definition) is 4. The first kappa shape index (κ1) is 16.2. The molecule has 0 radical (unpaired) electrons. The number of aromatic nitrogens is 1. The van der Waals surface area contributed by atoms with Gasteiger partial charge in [0, 0.05) is 5.69 Å². The summed E-state index contributed by atoms with van der Waals surface area (Å²) >= 11 is 11.9. The first-order chi connectivity index (χ1) is 9.92. The Hall–Kier alpha value is -1.18. The second-order valence-electron chi connectivity index (χ2n) is 4.19. The maximum absolute atomic E-state index is 5.85. The van der Waals surface area contributed by atoms with Crippen LogP contribution in [0.15, 0.2) is 33.2 Å². The topological polar surface area (TPSA) is 57.4 Å². The third-order valence-corrected chi connectivity index (χ3v) is 4.14. The molecule has 0 aliphatic rings. The number of rotatable bonds is 4.